The maximum Gasteiger partial charge on any atom is 0.308 e. The first-order chi connectivity index (χ1) is 11.3. The smallest absolute Gasteiger partial charge is 0.308 e. The van der Waals surface area contributed by atoms with Crippen molar-refractivity contribution < 1.29 is 33.7 Å². The maximum absolute atomic E-state index is 11.2. The lowest BCUT2D eigenvalue weighted by Gasteiger charge is -2.38. The predicted molar refractivity (Wildman–Crippen MR) is 105 cm³/mol. The molecule has 0 fully saturated rings. The third-order valence-corrected chi connectivity index (χ3v) is 8.72. The Morgan fingerprint density at radius 3 is 1.77 bits per heavy atom. The van der Waals surface area contributed by atoms with Crippen LogP contribution in [-0.4, -0.2) is 63.5 Å². The van der Waals surface area contributed by atoms with E-state index in [1.807, 2.05) is 6.92 Å². The van der Waals surface area contributed by atoms with Crippen molar-refractivity contribution in [2.24, 2.45) is 0 Å². The van der Waals surface area contributed by atoms with Crippen molar-refractivity contribution in [3.05, 3.63) is 0 Å². The molecule has 0 saturated carbocycles. The number of hydrogen-bond acceptors (Lipinski definition) is 7. The lowest BCUT2D eigenvalue weighted by atomic mass is 10.2. The second kappa shape index (κ2) is 14.1. The van der Waals surface area contributed by atoms with E-state index in [0.29, 0.717) is 6.42 Å². The Balaban J connectivity index is -0.000000453. The van der Waals surface area contributed by atoms with E-state index in [-0.39, 0.29) is 31.0 Å². The van der Waals surface area contributed by atoms with Crippen molar-refractivity contribution in [2.45, 2.75) is 84.7 Å². The summed E-state index contributed by atoms with van der Waals surface area (Å²) in [5.41, 5.74) is 0. The molecule has 0 aromatic carbocycles. The Kier molecular flexibility index (Phi) is 16.2. The molecular formula is C18H40O7Si. The fourth-order valence-electron chi connectivity index (χ4n) is 1.47. The summed E-state index contributed by atoms with van der Waals surface area (Å²) in [6.07, 6.45) is 0.0690. The molecule has 0 aliphatic rings. The monoisotopic (exact) mass is 396 g/mol. The molecule has 2 N–H and O–H groups in total. The van der Waals surface area contributed by atoms with Crippen LogP contribution in [0.2, 0.25) is 18.1 Å². The molecule has 0 aromatic heterocycles. The maximum atomic E-state index is 11.2. The van der Waals surface area contributed by atoms with Crippen LogP contribution in [0.25, 0.3) is 0 Å². The van der Waals surface area contributed by atoms with Gasteiger partial charge in [-0.25, -0.2) is 0 Å². The third kappa shape index (κ3) is 13.3. The quantitative estimate of drug-likeness (QED) is 0.480. The minimum atomic E-state index is -1.78. The molecule has 0 aliphatic heterocycles. The molecule has 158 valence electrons. The molecule has 0 aromatic rings. The van der Waals surface area contributed by atoms with Crippen LogP contribution in [0.5, 0.6) is 0 Å². The number of hydrogen-bond donors (Lipinski definition) is 2. The Hall–Kier alpha value is -0.963. The highest BCUT2D eigenvalue weighted by atomic mass is 28.4. The summed E-state index contributed by atoms with van der Waals surface area (Å²) in [5.74, 6) is -0.706. The summed E-state index contributed by atoms with van der Waals surface area (Å²) in [7, 11) is 0.870. The third-order valence-electron chi connectivity index (χ3n) is 4.19. The van der Waals surface area contributed by atoms with Gasteiger partial charge in [-0.05, 0) is 24.6 Å². The van der Waals surface area contributed by atoms with Crippen molar-refractivity contribution in [1.82, 2.24) is 0 Å². The molecule has 0 saturated heterocycles. The van der Waals surface area contributed by atoms with E-state index < -0.39 is 27.0 Å². The van der Waals surface area contributed by atoms with Gasteiger partial charge < -0.3 is 24.1 Å². The minimum Gasteiger partial charge on any atom is -0.469 e. The average molecular weight is 397 g/mol. The molecule has 7 nitrogen and oxygen atoms in total. The van der Waals surface area contributed by atoms with E-state index in [9.17, 15) is 9.59 Å². The number of rotatable bonds is 8. The van der Waals surface area contributed by atoms with E-state index in [0.717, 1.165) is 6.42 Å². The van der Waals surface area contributed by atoms with Gasteiger partial charge in [-0.2, -0.15) is 0 Å². The van der Waals surface area contributed by atoms with E-state index in [1.165, 1.54) is 14.2 Å². The molecule has 8 heteroatoms. The average Bonchev–Trinajstić information content (AvgIpc) is 2.52. The number of ether oxygens (including phenoxy) is 2. The Labute approximate surface area is 160 Å². The topological polar surface area (TPSA) is 102 Å². The largest absolute Gasteiger partial charge is 0.469 e. The van der Waals surface area contributed by atoms with E-state index >= 15 is 0 Å². The van der Waals surface area contributed by atoms with Crippen molar-refractivity contribution in [3.8, 4) is 0 Å². The molecule has 26 heavy (non-hydrogen) atoms. The van der Waals surface area contributed by atoms with Gasteiger partial charge in [-0.1, -0.05) is 35.1 Å². The zero-order chi connectivity index (χ0) is 20.3. The van der Waals surface area contributed by atoms with Gasteiger partial charge in [-0.3, -0.25) is 9.59 Å². The van der Waals surface area contributed by atoms with Crippen LogP contribution in [0.4, 0.5) is 0 Å². The van der Waals surface area contributed by atoms with Crippen molar-refractivity contribution in [3.63, 3.8) is 0 Å². The van der Waals surface area contributed by atoms with Crippen LogP contribution in [-0.2, 0) is 23.5 Å². The highest BCUT2D eigenvalue weighted by Crippen LogP contribution is 2.37. The summed E-state index contributed by atoms with van der Waals surface area (Å²) < 4.78 is 15.1. The van der Waals surface area contributed by atoms with Gasteiger partial charge in [0.1, 0.15) is 0 Å². The summed E-state index contributed by atoms with van der Waals surface area (Å²) in [6.45, 7) is 12.6. The summed E-state index contributed by atoms with van der Waals surface area (Å²) >= 11 is 0. The number of aliphatic hydroxyl groups excluding tert-OH is 2. The van der Waals surface area contributed by atoms with Crippen LogP contribution in [0.15, 0.2) is 0 Å². The normalized spacial score (nSPS) is 13.5. The first-order valence-corrected chi connectivity index (χ1v) is 11.4. The first-order valence-electron chi connectivity index (χ1n) is 8.44. The first kappa shape index (κ1) is 29.8. The second-order valence-corrected chi connectivity index (χ2v) is 12.1. The molecular weight excluding hydrogens is 356 g/mol. The highest BCUT2D eigenvalue weighted by Gasteiger charge is 2.39. The van der Waals surface area contributed by atoms with Crippen LogP contribution in [0, 0.1) is 0 Å². The van der Waals surface area contributed by atoms with Gasteiger partial charge in [-0.15, -0.1) is 0 Å². The molecule has 0 radical (unpaired) electrons. The minimum absolute atomic E-state index is 0. The lowest BCUT2D eigenvalue weighted by molar-refractivity contribution is -0.144. The predicted octanol–water partition coefficient (Wildman–Crippen LogP) is 2.89. The molecule has 0 amide bonds. The molecule has 0 unspecified atom stereocenters. The molecule has 2 atom stereocenters. The Morgan fingerprint density at radius 1 is 1.04 bits per heavy atom. The standard InChI is InChI=1S/C12H26O3Si.C5H10O4.CH4/c1-8-10(9-11(13)14-5)15-16(6,7)12(2,3)4;1-9-5(8)2-4(7)3-6;/h10H,8-9H2,1-7H3;4,6-7H,2-3H2,1H3;1H4/t10-;4-;/m10./s1. The van der Waals surface area contributed by atoms with E-state index in [2.05, 4.69) is 43.3 Å². The number of carbonyl (C=O) groups is 2. The molecule has 0 spiro atoms. The van der Waals surface area contributed by atoms with Crippen molar-refractivity contribution in [2.75, 3.05) is 20.8 Å². The second-order valence-electron chi connectivity index (χ2n) is 7.31. The van der Waals surface area contributed by atoms with Gasteiger partial charge >= 0.3 is 11.9 Å². The summed E-state index contributed by atoms with van der Waals surface area (Å²) in [6, 6.07) is 0. The van der Waals surface area contributed by atoms with Gasteiger partial charge in [0.25, 0.3) is 0 Å². The Bertz CT molecular complexity index is 391. The van der Waals surface area contributed by atoms with Gasteiger partial charge in [0.05, 0.1) is 45.9 Å². The summed E-state index contributed by atoms with van der Waals surface area (Å²) in [4.78, 5) is 21.5. The molecule has 0 rings (SSSR count). The highest BCUT2D eigenvalue weighted by molar-refractivity contribution is 6.74. The fraction of sp³-hybridized carbons (Fsp3) is 0.889. The fourth-order valence-corrected chi connectivity index (χ4v) is 2.91. The molecule has 0 bridgehead atoms. The van der Waals surface area contributed by atoms with Crippen LogP contribution >= 0.6 is 0 Å². The van der Waals surface area contributed by atoms with Crippen LogP contribution in [0.3, 0.4) is 0 Å². The molecule has 0 aliphatic carbocycles. The van der Waals surface area contributed by atoms with Crippen molar-refractivity contribution in [1.29, 1.82) is 0 Å². The van der Waals surface area contributed by atoms with Crippen LogP contribution in [0.1, 0.15) is 54.4 Å². The number of aliphatic hydroxyl groups is 2. The lowest BCUT2D eigenvalue weighted by Crippen LogP contribution is -2.44. The Morgan fingerprint density at radius 2 is 1.46 bits per heavy atom. The van der Waals surface area contributed by atoms with Gasteiger partial charge in [0, 0.05) is 0 Å². The number of esters is 2. The summed E-state index contributed by atoms with van der Waals surface area (Å²) in [5, 5.41) is 17.0. The number of methoxy groups -OCH3 is 2. The SMILES string of the molecule is C.CC[C@H](CC(=O)OC)O[Si](C)(C)C(C)(C)C.COC(=O)C[C@H](O)CO. The van der Waals surface area contributed by atoms with Crippen molar-refractivity contribution >= 4 is 20.3 Å². The van der Waals surface area contributed by atoms with Gasteiger partial charge in [0.15, 0.2) is 8.32 Å². The zero-order valence-electron chi connectivity index (χ0n) is 16.9. The molecule has 0 heterocycles. The van der Waals surface area contributed by atoms with E-state index in [4.69, 9.17) is 14.6 Å². The van der Waals surface area contributed by atoms with Gasteiger partial charge in [0.2, 0.25) is 0 Å². The number of carbonyl (C=O) groups excluding carboxylic acids is 2. The van der Waals surface area contributed by atoms with E-state index in [1.54, 1.807) is 0 Å². The van der Waals surface area contributed by atoms with Crippen LogP contribution < -0.4 is 0 Å². The zero-order valence-corrected chi connectivity index (χ0v) is 17.9.